The summed E-state index contributed by atoms with van der Waals surface area (Å²) in [6, 6.07) is 0. The molecule has 0 aliphatic carbocycles. The van der Waals surface area contributed by atoms with E-state index in [0.717, 1.165) is 13.1 Å². The third-order valence-electron chi connectivity index (χ3n) is 2.59. The zero-order valence-corrected chi connectivity index (χ0v) is 10.6. The average molecular weight is 235 g/mol. The molecule has 0 aromatic heterocycles. The lowest BCUT2D eigenvalue weighted by Gasteiger charge is -2.32. The second kappa shape index (κ2) is 8.90. The smallest absolute Gasteiger partial charge is 0.0589 e. The van der Waals surface area contributed by atoms with E-state index in [1.54, 1.807) is 14.2 Å². The van der Waals surface area contributed by atoms with Gasteiger partial charge in [0.05, 0.1) is 26.4 Å². The monoisotopic (exact) mass is 235 g/mol. The summed E-state index contributed by atoms with van der Waals surface area (Å²) in [5, 5.41) is 18.5. The first kappa shape index (κ1) is 15.8. The minimum Gasteiger partial charge on any atom is -0.396 e. The molecular weight excluding hydrogens is 210 g/mol. The molecule has 0 radical (unpaired) electrons. The van der Waals surface area contributed by atoms with Gasteiger partial charge in [-0.05, 0) is 0 Å². The van der Waals surface area contributed by atoms with Gasteiger partial charge in [-0.15, -0.1) is 0 Å². The summed E-state index contributed by atoms with van der Waals surface area (Å²) < 4.78 is 10.1. The van der Waals surface area contributed by atoms with Gasteiger partial charge in [0, 0.05) is 39.3 Å². The van der Waals surface area contributed by atoms with Crippen molar-refractivity contribution in [2.24, 2.45) is 5.41 Å². The van der Waals surface area contributed by atoms with Crippen LogP contribution >= 0.6 is 0 Å². The van der Waals surface area contributed by atoms with E-state index < -0.39 is 5.41 Å². The first-order valence-corrected chi connectivity index (χ1v) is 5.54. The van der Waals surface area contributed by atoms with Crippen LogP contribution in [0.4, 0.5) is 0 Å². The molecule has 0 unspecified atom stereocenters. The summed E-state index contributed by atoms with van der Waals surface area (Å²) in [7, 11) is 3.32. The summed E-state index contributed by atoms with van der Waals surface area (Å²) in [5.41, 5.74) is -0.471. The van der Waals surface area contributed by atoms with E-state index in [0.29, 0.717) is 19.8 Å². The number of hydrogen-bond acceptors (Lipinski definition) is 5. The molecule has 0 heterocycles. The highest BCUT2D eigenvalue weighted by Crippen LogP contribution is 2.16. The maximum Gasteiger partial charge on any atom is 0.0589 e. The Morgan fingerprint density at radius 3 is 1.75 bits per heavy atom. The number of rotatable bonds is 10. The van der Waals surface area contributed by atoms with E-state index in [-0.39, 0.29) is 13.2 Å². The molecule has 0 saturated carbocycles. The second-order valence-corrected chi connectivity index (χ2v) is 4.39. The predicted octanol–water partition coefficient (Wildman–Crippen LogP) is -0.428. The summed E-state index contributed by atoms with van der Waals surface area (Å²) in [6.07, 6.45) is 0. The van der Waals surface area contributed by atoms with Gasteiger partial charge in [-0.1, -0.05) is 6.92 Å². The Kier molecular flexibility index (Phi) is 8.78. The third kappa shape index (κ3) is 6.40. The molecule has 2 N–H and O–H groups in total. The number of aliphatic hydroxyl groups excluding tert-OH is 2. The second-order valence-electron chi connectivity index (χ2n) is 4.39. The Labute approximate surface area is 98.0 Å². The van der Waals surface area contributed by atoms with Crippen molar-refractivity contribution in [3.05, 3.63) is 0 Å². The SMILES string of the molecule is COCCN(CCOC)CC(C)(CO)CO. The Bertz CT molecular complexity index is 154. The molecule has 0 spiro atoms. The maximum atomic E-state index is 9.24. The van der Waals surface area contributed by atoms with Crippen LogP contribution in [0.25, 0.3) is 0 Å². The van der Waals surface area contributed by atoms with Crippen molar-refractivity contribution >= 4 is 0 Å². The topological polar surface area (TPSA) is 62.2 Å². The standard InChI is InChI=1S/C11H25NO4/c1-11(9-13,10-14)8-12(4-6-15-2)5-7-16-3/h13-14H,4-10H2,1-3H3. The van der Waals surface area contributed by atoms with Gasteiger partial charge in [0.1, 0.15) is 0 Å². The Morgan fingerprint density at radius 2 is 1.44 bits per heavy atom. The highest BCUT2D eigenvalue weighted by molar-refractivity contribution is 4.77. The fourth-order valence-electron chi connectivity index (χ4n) is 1.40. The van der Waals surface area contributed by atoms with Crippen LogP contribution in [0.1, 0.15) is 6.92 Å². The van der Waals surface area contributed by atoms with Gasteiger partial charge in [-0.2, -0.15) is 0 Å². The van der Waals surface area contributed by atoms with Gasteiger partial charge < -0.3 is 19.7 Å². The van der Waals surface area contributed by atoms with Crippen LogP contribution in [0.2, 0.25) is 0 Å². The van der Waals surface area contributed by atoms with Crippen molar-refractivity contribution in [2.45, 2.75) is 6.92 Å². The van der Waals surface area contributed by atoms with Gasteiger partial charge in [0.15, 0.2) is 0 Å². The fourth-order valence-corrected chi connectivity index (χ4v) is 1.40. The van der Waals surface area contributed by atoms with Gasteiger partial charge in [-0.25, -0.2) is 0 Å². The largest absolute Gasteiger partial charge is 0.396 e. The summed E-state index contributed by atoms with van der Waals surface area (Å²) in [5.74, 6) is 0. The molecule has 0 atom stereocenters. The predicted molar refractivity (Wildman–Crippen MR) is 62.5 cm³/mol. The van der Waals surface area contributed by atoms with E-state index in [1.165, 1.54) is 0 Å². The van der Waals surface area contributed by atoms with Gasteiger partial charge in [0.25, 0.3) is 0 Å². The first-order chi connectivity index (χ1) is 7.61. The molecule has 0 saturated heterocycles. The Hall–Kier alpha value is -0.200. The third-order valence-corrected chi connectivity index (χ3v) is 2.59. The minimum absolute atomic E-state index is 0.0278. The molecule has 0 bridgehead atoms. The fraction of sp³-hybridized carbons (Fsp3) is 1.00. The van der Waals surface area contributed by atoms with E-state index in [9.17, 15) is 10.2 Å². The lowest BCUT2D eigenvalue weighted by molar-refractivity contribution is 0.0199. The van der Waals surface area contributed by atoms with E-state index in [2.05, 4.69) is 4.90 Å². The summed E-state index contributed by atoms with van der Waals surface area (Å²) in [4.78, 5) is 2.12. The van der Waals surface area contributed by atoms with Gasteiger partial charge in [-0.3, -0.25) is 4.90 Å². The van der Waals surface area contributed by atoms with Crippen LogP contribution in [0.5, 0.6) is 0 Å². The molecule has 0 aromatic rings. The van der Waals surface area contributed by atoms with Crippen LogP contribution in [-0.4, -0.2) is 75.4 Å². The van der Waals surface area contributed by atoms with Gasteiger partial charge >= 0.3 is 0 Å². The van der Waals surface area contributed by atoms with E-state index in [1.807, 2.05) is 6.92 Å². The molecule has 0 aliphatic heterocycles. The average Bonchev–Trinajstić information content (AvgIpc) is 2.32. The molecule has 0 aliphatic rings. The Balaban J connectivity index is 4.15. The first-order valence-electron chi connectivity index (χ1n) is 5.54. The lowest BCUT2D eigenvalue weighted by Crippen LogP contribution is -2.43. The number of nitrogens with zero attached hydrogens (tertiary/aromatic N) is 1. The van der Waals surface area contributed by atoms with Crippen molar-refractivity contribution in [2.75, 3.05) is 60.3 Å². The number of aliphatic hydroxyl groups is 2. The number of hydrogen-bond donors (Lipinski definition) is 2. The maximum absolute atomic E-state index is 9.24. The lowest BCUT2D eigenvalue weighted by atomic mass is 9.92. The molecule has 0 amide bonds. The van der Waals surface area contributed by atoms with Crippen LogP contribution in [0, 0.1) is 5.41 Å². The van der Waals surface area contributed by atoms with Crippen molar-refractivity contribution in [3.8, 4) is 0 Å². The Morgan fingerprint density at radius 1 is 1.00 bits per heavy atom. The van der Waals surface area contributed by atoms with Crippen molar-refractivity contribution in [3.63, 3.8) is 0 Å². The van der Waals surface area contributed by atoms with E-state index >= 15 is 0 Å². The molecule has 5 nitrogen and oxygen atoms in total. The molecular formula is C11H25NO4. The number of methoxy groups -OCH3 is 2. The molecule has 0 aromatic carbocycles. The molecule has 0 rings (SSSR count). The van der Waals surface area contributed by atoms with Gasteiger partial charge in [0.2, 0.25) is 0 Å². The van der Waals surface area contributed by atoms with Crippen molar-refractivity contribution < 1.29 is 19.7 Å². The number of ether oxygens (including phenoxy) is 2. The molecule has 98 valence electrons. The van der Waals surface area contributed by atoms with Crippen LogP contribution in [-0.2, 0) is 9.47 Å². The van der Waals surface area contributed by atoms with E-state index in [4.69, 9.17) is 9.47 Å². The zero-order chi connectivity index (χ0) is 12.4. The summed E-state index contributed by atoms with van der Waals surface area (Å²) >= 11 is 0. The normalized spacial score (nSPS) is 12.4. The quantitative estimate of drug-likeness (QED) is 0.538. The summed E-state index contributed by atoms with van der Waals surface area (Å²) in [6.45, 7) is 5.25. The molecule has 16 heavy (non-hydrogen) atoms. The highest BCUT2D eigenvalue weighted by Gasteiger charge is 2.25. The highest BCUT2D eigenvalue weighted by atomic mass is 16.5. The van der Waals surface area contributed by atoms with Crippen LogP contribution in [0.15, 0.2) is 0 Å². The van der Waals surface area contributed by atoms with Crippen molar-refractivity contribution in [1.82, 2.24) is 4.90 Å². The molecule has 5 heteroatoms. The molecule has 0 fully saturated rings. The van der Waals surface area contributed by atoms with Crippen LogP contribution in [0.3, 0.4) is 0 Å². The van der Waals surface area contributed by atoms with Crippen LogP contribution < -0.4 is 0 Å². The van der Waals surface area contributed by atoms with Crippen molar-refractivity contribution in [1.29, 1.82) is 0 Å². The zero-order valence-electron chi connectivity index (χ0n) is 10.6. The minimum atomic E-state index is -0.471.